The van der Waals surface area contributed by atoms with E-state index in [1.807, 2.05) is 66.8 Å². The number of unbranched alkanes of at least 4 members (excludes halogenated alkanes) is 17. The molecule has 0 aromatic rings. The fourth-order valence-corrected chi connectivity index (χ4v) is 6.46. The van der Waals surface area contributed by atoms with Gasteiger partial charge >= 0.3 is 5.97 Å². The van der Waals surface area contributed by atoms with Gasteiger partial charge in [0.15, 0.2) is 0 Å². The summed E-state index contributed by atoms with van der Waals surface area (Å²) in [5.74, 6) is -0.576. The molecule has 6 nitrogen and oxygen atoms in total. The zero-order valence-corrected chi connectivity index (χ0v) is 37.8. The van der Waals surface area contributed by atoms with E-state index in [9.17, 15) is 19.8 Å². The van der Waals surface area contributed by atoms with Gasteiger partial charge in [-0.1, -0.05) is 214 Å². The summed E-state index contributed by atoms with van der Waals surface area (Å²) in [5.41, 5.74) is 0. The summed E-state index contributed by atoms with van der Waals surface area (Å²) in [6.45, 7) is 6.24. The zero-order valence-electron chi connectivity index (χ0n) is 37.8. The van der Waals surface area contributed by atoms with Crippen LogP contribution < -0.4 is 5.32 Å². The number of hydrogen-bond acceptors (Lipinski definition) is 5. The largest absolute Gasteiger partial charge is 0.462 e. The van der Waals surface area contributed by atoms with Crippen molar-refractivity contribution in [2.75, 3.05) is 6.61 Å². The minimum atomic E-state index is -0.811. The van der Waals surface area contributed by atoms with Crippen molar-refractivity contribution in [2.45, 2.75) is 206 Å². The molecule has 0 fully saturated rings. The lowest BCUT2D eigenvalue weighted by Crippen LogP contribution is -2.46. The number of allylic oxidation sites excluding steroid dienone is 18. The number of ether oxygens (including phenoxy) is 1. The van der Waals surface area contributed by atoms with Crippen LogP contribution in [0, 0.1) is 0 Å². The lowest BCUT2D eigenvalue weighted by Gasteiger charge is -2.24. The van der Waals surface area contributed by atoms with E-state index in [1.54, 1.807) is 0 Å². The van der Waals surface area contributed by atoms with E-state index in [4.69, 9.17) is 4.74 Å². The van der Waals surface area contributed by atoms with Gasteiger partial charge in [-0.15, -0.1) is 0 Å². The summed E-state index contributed by atoms with van der Waals surface area (Å²) in [7, 11) is 0. The van der Waals surface area contributed by atoms with Gasteiger partial charge in [0.05, 0.1) is 25.2 Å². The van der Waals surface area contributed by atoms with E-state index >= 15 is 0 Å². The molecule has 1 amide bonds. The highest BCUT2D eigenvalue weighted by atomic mass is 16.5. The first-order valence-electron chi connectivity index (χ1n) is 23.7. The minimum absolute atomic E-state index is 0.0266. The maximum Gasteiger partial charge on any atom is 0.306 e. The number of hydrogen-bond donors (Lipinski definition) is 3. The van der Waals surface area contributed by atoms with Crippen LogP contribution in [-0.4, -0.2) is 46.9 Å². The smallest absolute Gasteiger partial charge is 0.306 e. The molecule has 6 heteroatoms. The summed E-state index contributed by atoms with van der Waals surface area (Å²) >= 11 is 0. The molecule has 0 aromatic carbocycles. The van der Waals surface area contributed by atoms with Gasteiger partial charge in [-0.3, -0.25) is 9.59 Å². The topological polar surface area (TPSA) is 95.9 Å². The first kappa shape index (κ1) is 55.5. The fourth-order valence-electron chi connectivity index (χ4n) is 6.46. The van der Waals surface area contributed by atoms with E-state index in [0.717, 1.165) is 83.5 Å². The normalized spacial score (nSPS) is 14.3. The number of amides is 1. The van der Waals surface area contributed by atoms with Crippen molar-refractivity contribution in [1.82, 2.24) is 5.32 Å². The van der Waals surface area contributed by atoms with Crippen LogP contribution in [0.3, 0.4) is 0 Å². The maximum atomic E-state index is 13.1. The van der Waals surface area contributed by atoms with Gasteiger partial charge in [0.1, 0.15) is 6.10 Å². The van der Waals surface area contributed by atoms with Crippen LogP contribution in [0.1, 0.15) is 188 Å². The van der Waals surface area contributed by atoms with E-state index < -0.39 is 18.2 Å². The zero-order chi connectivity index (χ0) is 43.1. The van der Waals surface area contributed by atoms with E-state index in [-0.39, 0.29) is 24.9 Å². The molecule has 0 aliphatic carbocycles. The molecule has 0 radical (unpaired) electrons. The van der Waals surface area contributed by atoms with Crippen LogP contribution >= 0.6 is 0 Å². The molecule has 3 atom stereocenters. The standard InChI is InChI=1S/C53H87NO5/c1-4-7-10-13-16-19-21-23-25-27-28-30-33-35-38-41-44-49(47-52(57)54-50(48-55)51(56)45-42-39-36-32-18-15-12-9-6-3)59-53(58)46-43-40-37-34-31-29-26-24-22-20-17-14-11-8-5-2/h8,11,14,16-17,19-31,49-51,55-56H,4-7,9-10,12-13,15,18,32-48H2,1-3H3,(H,54,57)/b11-8+,17-14+,19-16+,22-20-,23-21+,26-24-,27-25+,30-28+,31-29+. The molecular weight excluding hydrogens is 731 g/mol. The third-order valence-electron chi connectivity index (χ3n) is 10.1. The van der Waals surface area contributed by atoms with Crippen molar-refractivity contribution < 1.29 is 24.5 Å². The molecule has 3 N–H and O–H groups in total. The Balaban J connectivity index is 4.82. The molecule has 3 unspecified atom stereocenters. The fraction of sp³-hybridized carbons (Fsp3) is 0.623. The average Bonchev–Trinajstić information content (AvgIpc) is 3.23. The van der Waals surface area contributed by atoms with Gasteiger partial charge in [-0.2, -0.15) is 0 Å². The number of aliphatic hydroxyl groups is 2. The number of rotatable bonds is 40. The maximum absolute atomic E-state index is 13.1. The van der Waals surface area contributed by atoms with Gasteiger partial charge in [0, 0.05) is 6.42 Å². The van der Waals surface area contributed by atoms with Crippen molar-refractivity contribution in [2.24, 2.45) is 0 Å². The Bertz CT molecular complexity index is 1240. The van der Waals surface area contributed by atoms with Crippen molar-refractivity contribution in [1.29, 1.82) is 0 Å². The second kappa shape index (κ2) is 45.6. The summed E-state index contributed by atoms with van der Waals surface area (Å²) in [4.78, 5) is 26.0. The quantitative estimate of drug-likeness (QED) is 0.0325. The van der Waals surface area contributed by atoms with Gasteiger partial charge < -0.3 is 20.3 Å². The second-order valence-electron chi connectivity index (χ2n) is 15.6. The lowest BCUT2D eigenvalue weighted by atomic mass is 10.0. The Kier molecular flexibility index (Phi) is 42.9. The van der Waals surface area contributed by atoms with Gasteiger partial charge in [0.25, 0.3) is 0 Å². The van der Waals surface area contributed by atoms with Crippen LogP contribution in [0.25, 0.3) is 0 Å². The van der Waals surface area contributed by atoms with Crippen LogP contribution in [0.2, 0.25) is 0 Å². The first-order chi connectivity index (χ1) is 29.0. The summed E-state index contributed by atoms with van der Waals surface area (Å²) in [6.07, 6.45) is 61.4. The minimum Gasteiger partial charge on any atom is -0.462 e. The molecule has 0 aliphatic heterocycles. The summed E-state index contributed by atoms with van der Waals surface area (Å²) < 4.78 is 5.88. The molecule has 0 rings (SSSR count). The Morgan fingerprint density at radius 3 is 1.42 bits per heavy atom. The van der Waals surface area contributed by atoms with E-state index in [1.165, 1.54) is 57.8 Å². The summed E-state index contributed by atoms with van der Waals surface area (Å²) in [5, 5.41) is 23.6. The number of carbonyl (C=O) groups is 2. The van der Waals surface area contributed by atoms with Gasteiger partial charge in [-0.25, -0.2) is 0 Å². The van der Waals surface area contributed by atoms with Crippen molar-refractivity contribution in [3.05, 3.63) is 109 Å². The third-order valence-corrected chi connectivity index (χ3v) is 10.1. The van der Waals surface area contributed by atoms with Crippen LogP contribution in [0.4, 0.5) is 0 Å². The molecule has 0 aromatic heterocycles. The van der Waals surface area contributed by atoms with E-state index in [2.05, 4.69) is 68.6 Å². The Morgan fingerprint density at radius 2 is 0.915 bits per heavy atom. The lowest BCUT2D eigenvalue weighted by molar-refractivity contribution is -0.151. The van der Waals surface area contributed by atoms with Crippen molar-refractivity contribution in [3.63, 3.8) is 0 Å². The highest BCUT2D eigenvalue weighted by molar-refractivity contribution is 5.77. The van der Waals surface area contributed by atoms with Crippen molar-refractivity contribution >= 4 is 11.9 Å². The highest BCUT2D eigenvalue weighted by Gasteiger charge is 2.24. The molecule has 0 spiro atoms. The van der Waals surface area contributed by atoms with Crippen LogP contribution in [0.5, 0.6) is 0 Å². The van der Waals surface area contributed by atoms with Crippen LogP contribution in [-0.2, 0) is 14.3 Å². The van der Waals surface area contributed by atoms with Gasteiger partial charge in [-0.05, 0) is 70.6 Å². The number of esters is 1. The second-order valence-corrected chi connectivity index (χ2v) is 15.6. The Hall–Kier alpha value is -3.48. The Labute approximate surface area is 362 Å². The number of nitrogens with one attached hydrogen (secondary N) is 1. The molecule has 0 heterocycles. The SMILES string of the molecule is CC/C=C/C=C/C=C\C=C/C=C/CCCCCC(=O)OC(CCCCC/C=C/C=C/C=C/C=C/CCCCC)CC(=O)NC(CO)C(O)CCCCCCCCCCC. The summed E-state index contributed by atoms with van der Waals surface area (Å²) in [6, 6.07) is -0.729. The van der Waals surface area contributed by atoms with Gasteiger partial charge in [0.2, 0.25) is 5.91 Å². The molecule has 0 saturated heterocycles. The van der Waals surface area contributed by atoms with E-state index in [0.29, 0.717) is 19.3 Å². The molecule has 0 saturated carbocycles. The van der Waals surface area contributed by atoms with Crippen LogP contribution in [0.15, 0.2) is 109 Å². The van der Waals surface area contributed by atoms with Crippen molar-refractivity contribution in [3.8, 4) is 0 Å². The number of carbonyl (C=O) groups excluding carboxylic acids is 2. The molecule has 59 heavy (non-hydrogen) atoms. The highest BCUT2D eigenvalue weighted by Crippen LogP contribution is 2.16. The molecule has 0 bridgehead atoms. The Morgan fingerprint density at radius 1 is 0.508 bits per heavy atom. The predicted octanol–water partition coefficient (Wildman–Crippen LogP) is 13.9. The predicted molar refractivity (Wildman–Crippen MR) is 254 cm³/mol. The first-order valence-corrected chi connectivity index (χ1v) is 23.7. The molecular formula is C53H87NO5. The molecule has 0 aliphatic rings. The average molecular weight is 818 g/mol. The number of aliphatic hydroxyl groups excluding tert-OH is 2. The third kappa shape index (κ3) is 41.1. The monoisotopic (exact) mass is 818 g/mol. The molecule has 334 valence electrons.